The van der Waals surface area contributed by atoms with E-state index in [4.69, 9.17) is 4.99 Å². The first-order chi connectivity index (χ1) is 14.5. The third-order valence-corrected chi connectivity index (χ3v) is 5.87. The molecule has 0 saturated heterocycles. The van der Waals surface area contributed by atoms with Gasteiger partial charge in [0, 0.05) is 0 Å². The van der Waals surface area contributed by atoms with Gasteiger partial charge < -0.3 is 5.11 Å². The monoisotopic (exact) mass is 417 g/mol. The van der Waals surface area contributed by atoms with Gasteiger partial charge in [0.1, 0.15) is 6.10 Å². The number of hydrogen-bond acceptors (Lipinski definition) is 5. The molecule has 0 saturated carbocycles. The van der Waals surface area contributed by atoms with Crippen LogP contribution in [0.25, 0.3) is 0 Å². The van der Waals surface area contributed by atoms with Gasteiger partial charge in [0.2, 0.25) is 0 Å². The Kier molecular flexibility index (Phi) is 5.61. The van der Waals surface area contributed by atoms with Gasteiger partial charge in [-0.1, -0.05) is 84.6 Å². The summed E-state index contributed by atoms with van der Waals surface area (Å²) >= 11 is 1.42. The average Bonchev–Trinajstić information content (AvgIpc) is 3.05. The molecule has 0 spiro atoms. The Morgan fingerprint density at radius 2 is 1.50 bits per heavy atom. The maximum absolute atomic E-state index is 13.3. The number of aliphatic hydroxyl groups is 1. The number of amidine groups is 1. The first-order valence-electron chi connectivity index (χ1n) is 9.66. The summed E-state index contributed by atoms with van der Waals surface area (Å²) in [5, 5.41) is 12.8. The third-order valence-electron chi connectivity index (χ3n) is 5.23. The number of rotatable bonds is 5. The number of carbonyl (C=O) groups excluding carboxylic acids is 1. The summed E-state index contributed by atoms with van der Waals surface area (Å²) in [6, 6.07) is 26.5. The predicted molar refractivity (Wildman–Crippen MR) is 122 cm³/mol. The van der Waals surface area contributed by atoms with Gasteiger partial charge in [0.05, 0.1) is 5.69 Å². The Morgan fingerprint density at radius 1 is 0.933 bits per heavy atom. The van der Waals surface area contributed by atoms with Crippen LogP contribution in [0.3, 0.4) is 0 Å². The number of benzene rings is 3. The van der Waals surface area contributed by atoms with Crippen molar-refractivity contribution in [3.8, 4) is 0 Å². The molecule has 2 atom stereocenters. The van der Waals surface area contributed by atoms with Crippen LogP contribution in [0.4, 0.5) is 5.69 Å². The highest BCUT2D eigenvalue weighted by Crippen LogP contribution is 2.36. The fraction of sp³-hybridized carbons (Fsp3) is 0.167. The third kappa shape index (κ3) is 3.72. The zero-order chi connectivity index (χ0) is 21.1. The van der Waals surface area contributed by atoms with E-state index in [-0.39, 0.29) is 5.91 Å². The Hall–Kier alpha value is -3.09. The van der Waals surface area contributed by atoms with Gasteiger partial charge in [0.15, 0.2) is 10.7 Å². The van der Waals surface area contributed by atoms with E-state index in [2.05, 4.69) is 5.43 Å². The van der Waals surface area contributed by atoms with Crippen molar-refractivity contribution in [1.29, 1.82) is 0 Å². The molecule has 0 aliphatic carbocycles. The summed E-state index contributed by atoms with van der Waals surface area (Å²) in [7, 11) is 0. The lowest BCUT2D eigenvalue weighted by Crippen LogP contribution is -2.42. The summed E-state index contributed by atoms with van der Waals surface area (Å²) in [5.74, 6) is -0.146. The van der Waals surface area contributed by atoms with Crippen molar-refractivity contribution in [2.24, 2.45) is 4.99 Å². The van der Waals surface area contributed by atoms with Crippen molar-refractivity contribution < 1.29 is 9.90 Å². The van der Waals surface area contributed by atoms with Crippen molar-refractivity contribution in [2.45, 2.75) is 18.6 Å². The zero-order valence-corrected chi connectivity index (χ0v) is 17.6. The number of hydrazine groups is 1. The van der Waals surface area contributed by atoms with Crippen LogP contribution in [0.15, 0.2) is 89.9 Å². The molecule has 1 aliphatic heterocycles. The van der Waals surface area contributed by atoms with E-state index < -0.39 is 11.6 Å². The number of aliphatic imine (C=N–C) groups is 1. The van der Waals surface area contributed by atoms with E-state index in [1.54, 1.807) is 0 Å². The number of carbonyl (C=O) groups is 1. The van der Waals surface area contributed by atoms with Gasteiger partial charge in [-0.05, 0) is 42.0 Å². The number of para-hydroxylation sites is 1. The second-order valence-electron chi connectivity index (χ2n) is 7.22. The van der Waals surface area contributed by atoms with Crippen molar-refractivity contribution >= 4 is 28.5 Å². The Bertz CT molecular complexity index is 1050. The number of nitrogens with zero attached hydrogens (tertiary/aromatic N) is 2. The van der Waals surface area contributed by atoms with Crippen molar-refractivity contribution in [2.75, 3.05) is 11.7 Å². The Labute approximate surface area is 180 Å². The van der Waals surface area contributed by atoms with Crippen LogP contribution in [-0.4, -0.2) is 27.4 Å². The highest BCUT2D eigenvalue weighted by molar-refractivity contribution is 8.13. The largest absolute Gasteiger partial charge is 0.384 e. The zero-order valence-electron chi connectivity index (χ0n) is 16.8. The minimum Gasteiger partial charge on any atom is -0.384 e. The lowest BCUT2D eigenvalue weighted by atomic mass is 9.90. The fourth-order valence-corrected chi connectivity index (χ4v) is 4.06. The van der Waals surface area contributed by atoms with E-state index in [1.165, 1.54) is 16.8 Å². The average molecular weight is 418 g/mol. The number of anilines is 1. The molecular weight excluding hydrogens is 394 g/mol. The van der Waals surface area contributed by atoms with Crippen LogP contribution in [0.5, 0.6) is 0 Å². The van der Waals surface area contributed by atoms with Crippen LogP contribution >= 0.6 is 11.8 Å². The molecule has 3 aromatic rings. The van der Waals surface area contributed by atoms with Gasteiger partial charge in [-0.15, -0.1) is 0 Å². The highest BCUT2D eigenvalue weighted by atomic mass is 32.2. The molecule has 152 valence electrons. The highest BCUT2D eigenvalue weighted by Gasteiger charge is 2.46. The summed E-state index contributed by atoms with van der Waals surface area (Å²) in [6.45, 7) is 1.82. The minimum atomic E-state index is -1.03. The van der Waals surface area contributed by atoms with Gasteiger partial charge in [0.25, 0.3) is 5.91 Å². The molecule has 2 N–H and O–H groups in total. The summed E-state index contributed by atoms with van der Waals surface area (Å²) < 4.78 is 0. The molecule has 0 bridgehead atoms. The summed E-state index contributed by atoms with van der Waals surface area (Å²) in [5.41, 5.74) is 5.32. The molecule has 0 aromatic heterocycles. The van der Waals surface area contributed by atoms with E-state index >= 15 is 0 Å². The topological polar surface area (TPSA) is 64.9 Å². The number of aliphatic hydroxyl groups excluding tert-OH is 1. The fourth-order valence-electron chi connectivity index (χ4n) is 3.48. The maximum Gasteiger partial charge on any atom is 0.279 e. The van der Waals surface area contributed by atoms with Crippen LogP contribution in [0, 0.1) is 0 Å². The van der Waals surface area contributed by atoms with Crippen LogP contribution in [0.2, 0.25) is 0 Å². The second-order valence-corrected chi connectivity index (χ2v) is 8.00. The standard InChI is InChI=1S/C24H23N3O2S/c1-24(19-15-13-18(14-16-19)21(28)17-9-5-3-6-10-17)22(29)27(23(25-24)30-2)26-20-11-7-4-8-12-20/h3-16,21,26,28H,1-2H3/t21-,24+/m0/s1. The normalized spacial score (nSPS) is 19.5. The number of nitrogens with one attached hydrogen (secondary N) is 1. The molecule has 0 radical (unpaired) electrons. The number of amides is 1. The molecule has 1 aliphatic rings. The lowest BCUT2D eigenvalue weighted by molar-refractivity contribution is -0.129. The first-order valence-corrected chi connectivity index (χ1v) is 10.9. The number of hydrogen-bond donors (Lipinski definition) is 2. The molecule has 1 amide bonds. The smallest absolute Gasteiger partial charge is 0.279 e. The molecule has 30 heavy (non-hydrogen) atoms. The van der Waals surface area contributed by atoms with Crippen molar-refractivity contribution in [3.05, 3.63) is 102 Å². The molecule has 0 fully saturated rings. The second kappa shape index (κ2) is 8.34. The maximum atomic E-state index is 13.3. The quantitative estimate of drug-likeness (QED) is 0.638. The van der Waals surface area contributed by atoms with Gasteiger partial charge in [-0.25, -0.2) is 4.99 Å². The van der Waals surface area contributed by atoms with Gasteiger partial charge >= 0.3 is 0 Å². The van der Waals surface area contributed by atoms with E-state index in [0.717, 1.165) is 22.4 Å². The van der Waals surface area contributed by atoms with Crippen molar-refractivity contribution in [1.82, 2.24) is 5.01 Å². The van der Waals surface area contributed by atoms with Gasteiger partial charge in [-0.2, -0.15) is 5.01 Å². The summed E-state index contributed by atoms with van der Waals surface area (Å²) in [4.78, 5) is 18.1. The molecule has 1 heterocycles. The van der Waals surface area contributed by atoms with Crippen LogP contribution < -0.4 is 5.43 Å². The van der Waals surface area contributed by atoms with Crippen LogP contribution in [-0.2, 0) is 10.3 Å². The first kappa shape index (κ1) is 20.2. The lowest BCUT2D eigenvalue weighted by Gasteiger charge is -2.24. The summed E-state index contributed by atoms with van der Waals surface area (Å²) in [6.07, 6.45) is 1.19. The number of thioether (sulfide) groups is 1. The van der Waals surface area contributed by atoms with Crippen molar-refractivity contribution in [3.63, 3.8) is 0 Å². The minimum absolute atomic E-state index is 0.146. The van der Waals surface area contributed by atoms with E-state index in [9.17, 15) is 9.90 Å². The molecule has 3 aromatic carbocycles. The SMILES string of the molecule is CSC1=N[C@](C)(c2ccc([C@@H](O)c3ccccc3)cc2)C(=O)N1Nc1ccccc1. The molecule has 0 unspecified atom stereocenters. The Balaban J connectivity index is 1.60. The van der Waals surface area contributed by atoms with E-state index in [1.807, 2.05) is 98.1 Å². The van der Waals surface area contributed by atoms with Gasteiger partial charge in [-0.3, -0.25) is 10.2 Å². The molecule has 5 nitrogen and oxygen atoms in total. The van der Waals surface area contributed by atoms with E-state index in [0.29, 0.717) is 5.17 Å². The predicted octanol–water partition coefficient (Wildman–Crippen LogP) is 4.57. The molecule has 6 heteroatoms. The van der Waals surface area contributed by atoms with Crippen LogP contribution in [0.1, 0.15) is 29.7 Å². The Morgan fingerprint density at radius 3 is 2.10 bits per heavy atom. The molecular formula is C24H23N3O2S. The molecule has 4 rings (SSSR count).